The molecule has 0 aliphatic heterocycles. The summed E-state index contributed by atoms with van der Waals surface area (Å²) in [4.78, 5) is -0.0732. The average Bonchev–Trinajstić information content (AvgIpc) is 2.41. The van der Waals surface area contributed by atoms with Crippen LogP contribution >= 0.6 is 11.6 Å². The van der Waals surface area contributed by atoms with Gasteiger partial charge in [0.1, 0.15) is 10.6 Å². The molecule has 7 heteroatoms. The fourth-order valence-corrected chi connectivity index (χ4v) is 3.13. The van der Waals surface area contributed by atoms with Gasteiger partial charge in [-0.15, -0.1) is 0 Å². The molecule has 2 aromatic carbocycles. The zero-order valence-electron chi connectivity index (χ0n) is 10.6. The van der Waals surface area contributed by atoms with E-state index in [0.29, 0.717) is 16.5 Å². The molecular formula is C13H13ClN2O3S. The highest BCUT2D eigenvalue weighted by Crippen LogP contribution is 2.29. The number of para-hydroxylation sites is 2. The Morgan fingerprint density at radius 3 is 2.60 bits per heavy atom. The smallest absolute Gasteiger partial charge is 0.264 e. The van der Waals surface area contributed by atoms with Crippen LogP contribution in [0.4, 0.5) is 11.4 Å². The lowest BCUT2D eigenvalue weighted by Gasteiger charge is -2.13. The summed E-state index contributed by atoms with van der Waals surface area (Å²) in [5.41, 5.74) is 6.14. The van der Waals surface area contributed by atoms with E-state index in [2.05, 4.69) is 4.72 Å². The first-order valence-corrected chi connectivity index (χ1v) is 7.51. The Hall–Kier alpha value is -1.92. The number of hydrogen-bond donors (Lipinski definition) is 2. The quantitative estimate of drug-likeness (QED) is 0.851. The Bertz CT molecular complexity index is 732. The van der Waals surface area contributed by atoms with Crippen LogP contribution in [0, 0.1) is 0 Å². The van der Waals surface area contributed by atoms with Crippen LogP contribution in [0.25, 0.3) is 0 Å². The first kappa shape index (κ1) is 14.5. The van der Waals surface area contributed by atoms with Crippen molar-refractivity contribution in [1.29, 1.82) is 0 Å². The molecule has 0 bridgehead atoms. The number of anilines is 2. The lowest BCUT2D eigenvalue weighted by molar-refractivity contribution is 0.417. The third-order valence-electron chi connectivity index (χ3n) is 2.62. The molecule has 0 radical (unpaired) electrons. The second-order valence-electron chi connectivity index (χ2n) is 3.99. The van der Waals surface area contributed by atoms with Crippen molar-refractivity contribution in [2.45, 2.75) is 4.90 Å². The topological polar surface area (TPSA) is 81.4 Å². The molecule has 0 aliphatic rings. The van der Waals surface area contributed by atoms with Crippen molar-refractivity contribution in [2.24, 2.45) is 0 Å². The second kappa shape index (κ2) is 5.60. The molecule has 0 aliphatic carbocycles. The van der Waals surface area contributed by atoms with Gasteiger partial charge < -0.3 is 10.5 Å². The zero-order chi connectivity index (χ0) is 14.8. The van der Waals surface area contributed by atoms with Gasteiger partial charge >= 0.3 is 0 Å². The molecule has 0 atom stereocenters. The maximum Gasteiger partial charge on any atom is 0.264 e. The van der Waals surface area contributed by atoms with Gasteiger partial charge in [0.15, 0.2) is 0 Å². The van der Waals surface area contributed by atoms with Gasteiger partial charge in [-0.05, 0) is 30.3 Å². The van der Waals surface area contributed by atoms with Crippen molar-refractivity contribution in [1.82, 2.24) is 0 Å². The van der Waals surface area contributed by atoms with Crippen molar-refractivity contribution in [3.8, 4) is 5.75 Å². The van der Waals surface area contributed by atoms with Crippen LogP contribution in [0.5, 0.6) is 5.75 Å². The number of methoxy groups -OCH3 is 1. The van der Waals surface area contributed by atoms with Crippen molar-refractivity contribution < 1.29 is 13.2 Å². The molecule has 0 unspecified atom stereocenters. The number of sulfonamides is 1. The Labute approximate surface area is 122 Å². The monoisotopic (exact) mass is 312 g/mol. The lowest BCUT2D eigenvalue weighted by Crippen LogP contribution is -2.15. The largest absolute Gasteiger partial charge is 0.495 e. The van der Waals surface area contributed by atoms with Gasteiger partial charge in [0.25, 0.3) is 10.0 Å². The highest BCUT2D eigenvalue weighted by molar-refractivity contribution is 7.92. The number of nitrogens with two attached hydrogens (primary N) is 1. The fraction of sp³-hybridized carbons (Fsp3) is 0.0769. The highest BCUT2D eigenvalue weighted by atomic mass is 35.5. The van der Waals surface area contributed by atoms with E-state index in [1.165, 1.54) is 25.3 Å². The predicted octanol–water partition coefficient (Wildman–Crippen LogP) is 2.73. The number of hydrogen-bond acceptors (Lipinski definition) is 4. The van der Waals surface area contributed by atoms with E-state index in [9.17, 15) is 8.42 Å². The van der Waals surface area contributed by atoms with E-state index in [-0.39, 0.29) is 10.6 Å². The van der Waals surface area contributed by atoms with Crippen molar-refractivity contribution >= 4 is 33.0 Å². The summed E-state index contributed by atoms with van der Waals surface area (Å²) in [5, 5.41) is 0.291. The first-order valence-electron chi connectivity index (χ1n) is 5.65. The van der Waals surface area contributed by atoms with Crippen LogP contribution < -0.4 is 15.2 Å². The Morgan fingerprint density at radius 1 is 1.20 bits per heavy atom. The van der Waals surface area contributed by atoms with E-state index in [1.54, 1.807) is 24.3 Å². The summed E-state index contributed by atoms with van der Waals surface area (Å²) in [6.45, 7) is 0. The van der Waals surface area contributed by atoms with Crippen molar-refractivity contribution in [3.63, 3.8) is 0 Å². The van der Waals surface area contributed by atoms with Gasteiger partial charge in [-0.3, -0.25) is 4.72 Å². The zero-order valence-corrected chi connectivity index (χ0v) is 12.2. The van der Waals surface area contributed by atoms with E-state index in [1.807, 2.05) is 0 Å². The molecule has 0 heterocycles. The van der Waals surface area contributed by atoms with Crippen LogP contribution in [0.1, 0.15) is 0 Å². The van der Waals surface area contributed by atoms with E-state index >= 15 is 0 Å². The molecule has 3 N–H and O–H groups in total. The minimum absolute atomic E-state index is 0.0732. The summed E-state index contributed by atoms with van der Waals surface area (Å²) in [5.74, 6) is 0.414. The number of benzene rings is 2. The molecule has 0 saturated heterocycles. The Kier molecular flexibility index (Phi) is 4.06. The number of ether oxygens (including phenoxy) is 1. The number of rotatable bonds is 4. The van der Waals surface area contributed by atoms with Gasteiger partial charge in [-0.25, -0.2) is 8.42 Å². The number of nitrogen functional groups attached to an aromatic ring is 1. The average molecular weight is 313 g/mol. The maximum atomic E-state index is 12.3. The van der Waals surface area contributed by atoms with Gasteiger partial charge in [0, 0.05) is 5.02 Å². The molecule has 0 fully saturated rings. The molecule has 0 aromatic heterocycles. The van der Waals surface area contributed by atoms with Gasteiger partial charge in [0.2, 0.25) is 0 Å². The number of nitrogens with one attached hydrogen (secondary N) is 1. The van der Waals surface area contributed by atoms with E-state index < -0.39 is 10.0 Å². The maximum absolute atomic E-state index is 12.3. The molecule has 2 aromatic rings. The molecular weight excluding hydrogens is 300 g/mol. The summed E-state index contributed by atoms with van der Waals surface area (Å²) in [6.07, 6.45) is 0. The van der Waals surface area contributed by atoms with Gasteiger partial charge in [0.05, 0.1) is 18.5 Å². The van der Waals surface area contributed by atoms with E-state index in [4.69, 9.17) is 22.1 Å². The summed E-state index contributed by atoms with van der Waals surface area (Å²) in [7, 11) is -2.38. The van der Waals surface area contributed by atoms with Crippen LogP contribution in [0.3, 0.4) is 0 Å². The minimum atomic E-state index is -3.84. The first-order chi connectivity index (χ1) is 9.44. The second-order valence-corrected chi connectivity index (χ2v) is 6.08. The predicted molar refractivity (Wildman–Crippen MR) is 79.7 cm³/mol. The molecule has 0 saturated carbocycles. The van der Waals surface area contributed by atoms with Gasteiger partial charge in [-0.1, -0.05) is 23.7 Å². The Balaban J connectivity index is 2.43. The third-order valence-corrected chi connectivity index (χ3v) is 4.27. The molecule has 2 rings (SSSR count). The van der Waals surface area contributed by atoms with Crippen LogP contribution in [0.2, 0.25) is 5.02 Å². The molecule has 5 nitrogen and oxygen atoms in total. The van der Waals surface area contributed by atoms with Crippen LogP contribution in [-0.4, -0.2) is 15.5 Å². The molecule has 20 heavy (non-hydrogen) atoms. The molecule has 0 amide bonds. The summed E-state index contributed by atoms with van der Waals surface area (Å²) in [6, 6.07) is 11.0. The summed E-state index contributed by atoms with van der Waals surface area (Å²) < 4.78 is 32.2. The summed E-state index contributed by atoms with van der Waals surface area (Å²) >= 11 is 5.81. The van der Waals surface area contributed by atoms with Crippen LogP contribution in [0.15, 0.2) is 47.4 Å². The Morgan fingerprint density at radius 2 is 1.90 bits per heavy atom. The SMILES string of the molecule is COc1ccccc1NS(=O)(=O)c1cc(Cl)ccc1N. The van der Waals surface area contributed by atoms with Crippen molar-refractivity contribution in [2.75, 3.05) is 17.6 Å². The van der Waals surface area contributed by atoms with E-state index in [0.717, 1.165) is 0 Å². The lowest BCUT2D eigenvalue weighted by atomic mass is 10.3. The normalized spacial score (nSPS) is 11.1. The fourth-order valence-electron chi connectivity index (χ4n) is 1.67. The molecule has 106 valence electrons. The van der Waals surface area contributed by atoms with Crippen LogP contribution in [-0.2, 0) is 10.0 Å². The van der Waals surface area contributed by atoms with Crippen molar-refractivity contribution in [3.05, 3.63) is 47.5 Å². The van der Waals surface area contributed by atoms with Gasteiger partial charge in [-0.2, -0.15) is 0 Å². The highest BCUT2D eigenvalue weighted by Gasteiger charge is 2.19. The number of halogens is 1. The molecule has 0 spiro atoms. The standard InChI is InChI=1S/C13H13ClN2O3S/c1-19-12-5-3-2-4-11(12)16-20(17,18)13-8-9(14)6-7-10(13)15/h2-8,16H,15H2,1H3. The third kappa shape index (κ3) is 2.97. The minimum Gasteiger partial charge on any atom is -0.495 e.